The third kappa shape index (κ3) is 1.89. The number of aliphatic hydroxyl groups excluding tert-OH is 1. The van der Waals surface area contributed by atoms with E-state index in [0.717, 1.165) is 11.9 Å². The van der Waals surface area contributed by atoms with Crippen LogP contribution in [0.3, 0.4) is 0 Å². The molecule has 8 rings (SSSR count). The standard InChI is InChI=1S/C28H33NO5/c1-23(2)22-26(14-32-26)13-19-27(33-22,34-23)10-9-24(3)25(4)15(12-20(30)28(19,24)31)11-17-16-7-5-6-8-18(16)29-21(17)25/h5-8,13,15,20,22,29-31H,9-12,14H2,1-4H3/t15-,20+,22-,24-,25-,26?,27?,28+/m1/s1. The number of hydrogen-bond acceptors (Lipinski definition) is 5. The first-order chi connectivity index (χ1) is 16.0. The monoisotopic (exact) mass is 463 g/mol. The Morgan fingerprint density at radius 2 is 1.85 bits per heavy atom. The second-order valence-corrected chi connectivity index (χ2v) is 12.7. The zero-order valence-corrected chi connectivity index (χ0v) is 20.3. The number of rotatable bonds is 0. The van der Waals surface area contributed by atoms with Gasteiger partial charge in [0, 0.05) is 39.4 Å². The number of fused-ring (bicyclic) bond motifs is 10. The van der Waals surface area contributed by atoms with Gasteiger partial charge in [0.15, 0.2) is 5.79 Å². The summed E-state index contributed by atoms with van der Waals surface area (Å²) >= 11 is 0. The van der Waals surface area contributed by atoms with E-state index in [1.807, 2.05) is 13.8 Å². The number of ether oxygens (including phenoxy) is 3. The van der Waals surface area contributed by atoms with Crippen LogP contribution in [0.25, 0.3) is 10.9 Å². The average Bonchev–Trinajstić information content (AvgIpc) is 3.28. The number of benzene rings is 1. The van der Waals surface area contributed by atoms with Crippen molar-refractivity contribution in [2.75, 3.05) is 6.61 Å². The van der Waals surface area contributed by atoms with E-state index in [-0.39, 0.29) is 17.4 Å². The van der Waals surface area contributed by atoms with Gasteiger partial charge in [0.1, 0.15) is 17.3 Å². The maximum Gasteiger partial charge on any atom is 0.195 e. The van der Waals surface area contributed by atoms with E-state index < -0.39 is 34.1 Å². The molecule has 2 unspecified atom stereocenters. The molecule has 2 aromatic rings. The van der Waals surface area contributed by atoms with Crippen LogP contribution in [-0.4, -0.2) is 56.6 Å². The molecule has 0 radical (unpaired) electrons. The first-order valence-corrected chi connectivity index (χ1v) is 12.8. The van der Waals surface area contributed by atoms with Gasteiger partial charge in [-0.2, -0.15) is 0 Å². The smallest absolute Gasteiger partial charge is 0.195 e. The molecule has 0 amide bonds. The van der Waals surface area contributed by atoms with Gasteiger partial charge in [0.2, 0.25) is 0 Å². The lowest BCUT2D eigenvalue weighted by molar-refractivity contribution is -0.276. The van der Waals surface area contributed by atoms with E-state index >= 15 is 0 Å². The minimum atomic E-state index is -1.49. The van der Waals surface area contributed by atoms with Crippen LogP contribution in [0.2, 0.25) is 0 Å². The highest BCUT2D eigenvalue weighted by Gasteiger charge is 2.80. The molecule has 3 N–H and O–H groups in total. The van der Waals surface area contributed by atoms with E-state index in [0.29, 0.717) is 31.4 Å². The van der Waals surface area contributed by atoms with Gasteiger partial charge in [-0.1, -0.05) is 32.0 Å². The molecule has 6 nitrogen and oxygen atoms in total. The number of H-pyrrole nitrogens is 1. The highest BCUT2D eigenvalue weighted by molar-refractivity contribution is 5.86. The van der Waals surface area contributed by atoms with Gasteiger partial charge in [-0.25, -0.2) is 0 Å². The second kappa shape index (κ2) is 5.50. The van der Waals surface area contributed by atoms with E-state index in [1.165, 1.54) is 16.6 Å². The fourth-order valence-corrected chi connectivity index (χ4v) is 9.14. The van der Waals surface area contributed by atoms with E-state index in [4.69, 9.17) is 14.2 Å². The molecular weight excluding hydrogens is 430 g/mol. The van der Waals surface area contributed by atoms with Gasteiger partial charge in [0.25, 0.3) is 0 Å². The lowest BCUT2D eigenvalue weighted by atomic mass is 9.41. The zero-order valence-electron chi connectivity index (χ0n) is 20.3. The predicted octanol–water partition coefficient (Wildman–Crippen LogP) is 3.49. The van der Waals surface area contributed by atoms with Gasteiger partial charge in [-0.3, -0.25) is 0 Å². The van der Waals surface area contributed by atoms with Crippen LogP contribution in [0.15, 0.2) is 35.9 Å². The zero-order chi connectivity index (χ0) is 23.5. The highest BCUT2D eigenvalue weighted by Crippen LogP contribution is 2.73. The van der Waals surface area contributed by atoms with E-state index in [9.17, 15) is 10.2 Å². The normalized spacial score (nSPS) is 51.6. The Kier molecular flexibility index (Phi) is 3.31. The third-order valence-corrected chi connectivity index (χ3v) is 11.0. The fourth-order valence-electron chi connectivity index (χ4n) is 9.14. The highest BCUT2D eigenvalue weighted by atomic mass is 16.8. The summed E-state index contributed by atoms with van der Waals surface area (Å²) in [5.41, 5.74) is 0.845. The Bertz CT molecular complexity index is 1310. The van der Waals surface area contributed by atoms with Crippen molar-refractivity contribution >= 4 is 10.9 Å². The molecule has 8 atom stereocenters. The van der Waals surface area contributed by atoms with Crippen LogP contribution in [0.5, 0.6) is 0 Å². The van der Waals surface area contributed by atoms with Crippen molar-refractivity contribution in [2.24, 2.45) is 11.3 Å². The minimum absolute atomic E-state index is 0.215. The fraction of sp³-hybridized carbons (Fsp3) is 0.643. The Balaban J connectivity index is 1.36. The summed E-state index contributed by atoms with van der Waals surface area (Å²) in [5.74, 6) is -0.760. The summed E-state index contributed by atoms with van der Waals surface area (Å²) in [7, 11) is 0. The van der Waals surface area contributed by atoms with Crippen LogP contribution >= 0.6 is 0 Å². The lowest BCUT2D eigenvalue weighted by Crippen LogP contribution is -2.74. The Hall–Kier alpha value is -1.70. The van der Waals surface area contributed by atoms with E-state index in [1.54, 1.807) is 0 Å². The summed E-state index contributed by atoms with van der Waals surface area (Å²) in [5, 5.41) is 25.8. The van der Waals surface area contributed by atoms with Crippen molar-refractivity contribution in [2.45, 2.75) is 93.6 Å². The quantitative estimate of drug-likeness (QED) is 0.411. The number of epoxide rings is 1. The van der Waals surface area contributed by atoms with Crippen LogP contribution in [0, 0.1) is 11.3 Å². The largest absolute Gasteiger partial charge is 0.390 e. The van der Waals surface area contributed by atoms with Crippen LogP contribution in [0.1, 0.15) is 58.2 Å². The molecule has 2 bridgehead atoms. The number of hydrogen-bond donors (Lipinski definition) is 3. The van der Waals surface area contributed by atoms with Crippen LogP contribution in [-0.2, 0) is 26.0 Å². The van der Waals surface area contributed by atoms with Gasteiger partial charge in [-0.15, -0.1) is 0 Å². The summed E-state index contributed by atoms with van der Waals surface area (Å²) < 4.78 is 19.3. The summed E-state index contributed by atoms with van der Waals surface area (Å²) in [4.78, 5) is 3.75. The van der Waals surface area contributed by atoms with Gasteiger partial charge < -0.3 is 29.4 Å². The summed E-state index contributed by atoms with van der Waals surface area (Å²) in [6.07, 6.45) is 3.76. The lowest BCUT2D eigenvalue weighted by Gasteiger charge is -2.67. The molecular formula is C28H33NO5. The molecule has 2 spiro atoms. The Morgan fingerprint density at radius 3 is 2.62 bits per heavy atom. The molecule has 34 heavy (non-hydrogen) atoms. The molecule has 4 heterocycles. The molecule has 1 aromatic heterocycles. The Morgan fingerprint density at radius 1 is 1.09 bits per heavy atom. The summed E-state index contributed by atoms with van der Waals surface area (Å²) in [6, 6.07) is 8.48. The van der Waals surface area contributed by atoms with Crippen molar-refractivity contribution in [3.63, 3.8) is 0 Å². The van der Waals surface area contributed by atoms with Crippen molar-refractivity contribution in [1.82, 2.24) is 4.98 Å². The third-order valence-electron chi connectivity index (χ3n) is 11.0. The molecule has 4 fully saturated rings. The maximum atomic E-state index is 12.8. The minimum Gasteiger partial charge on any atom is -0.390 e. The number of aromatic amines is 1. The molecule has 3 aliphatic heterocycles. The van der Waals surface area contributed by atoms with Gasteiger partial charge >= 0.3 is 0 Å². The van der Waals surface area contributed by atoms with Crippen molar-refractivity contribution < 1.29 is 24.4 Å². The molecule has 6 heteroatoms. The molecule has 180 valence electrons. The van der Waals surface area contributed by atoms with Gasteiger partial charge in [-0.05, 0) is 56.7 Å². The number of para-hydroxylation sites is 1. The van der Waals surface area contributed by atoms with Crippen LogP contribution in [0.4, 0.5) is 0 Å². The number of aromatic nitrogens is 1. The molecule has 1 aromatic carbocycles. The van der Waals surface area contributed by atoms with Gasteiger partial charge in [0.05, 0.1) is 18.3 Å². The van der Waals surface area contributed by atoms with E-state index in [2.05, 4.69) is 49.2 Å². The SMILES string of the molecule is CC1(C)OC23CC[C@]4(C)[C@@]5(C)c6[nH]c7ccccc7c6C[C@@H]5C[C@H](O)[C@@]4(O)C2=CC2(CO2)[C@@H]1O3. The number of nitrogens with one attached hydrogen (secondary N) is 1. The topological polar surface area (TPSA) is 87.2 Å². The van der Waals surface area contributed by atoms with Crippen LogP contribution < -0.4 is 0 Å². The molecule has 2 saturated carbocycles. The maximum absolute atomic E-state index is 12.8. The first kappa shape index (κ1) is 20.5. The van der Waals surface area contributed by atoms with Crippen molar-refractivity contribution in [3.05, 3.63) is 47.2 Å². The predicted molar refractivity (Wildman–Crippen MR) is 125 cm³/mol. The van der Waals surface area contributed by atoms with Crippen molar-refractivity contribution in [3.8, 4) is 0 Å². The van der Waals surface area contributed by atoms with Crippen molar-refractivity contribution in [1.29, 1.82) is 0 Å². The number of aliphatic hydroxyl groups is 2. The molecule has 6 aliphatic rings. The second-order valence-electron chi connectivity index (χ2n) is 12.7. The molecule has 3 aliphatic carbocycles. The average molecular weight is 464 g/mol. The summed E-state index contributed by atoms with van der Waals surface area (Å²) in [6.45, 7) is 9.14. The molecule has 2 saturated heterocycles. The first-order valence-electron chi connectivity index (χ1n) is 12.8. The Labute approximate surface area is 199 Å².